The normalized spacial score (nSPS) is 23.6. The highest BCUT2D eigenvalue weighted by Crippen LogP contribution is 2.24. The lowest BCUT2D eigenvalue weighted by Crippen LogP contribution is -2.30. The van der Waals surface area contributed by atoms with Crippen LogP contribution in [0.3, 0.4) is 0 Å². The highest BCUT2D eigenvalue weighted by molar-refractivity contribution is 5.85. The van der Waals surface area contributed by atoms with E-state index in [2.05, 4.69) is 15.3 Å². The summed E-state index contributed by atoms with van der Waals surface area (Å²) in [7, 11) is 0. The number of aliphatic hydroxyl groups is 1. The molecule has 0 saturated heterocycles. The van der Waals surface area contributed by atoms with Gasteiger partial charge in [0.25, 0.3) is 0 Å². The van der Waals surface area contributed by atoms with Crippen LogP contribution in [0.4, 0.5) is 5.82 Å². The van der Waals surface area contributed by atoms with Gasteiger partial charge >= 0.3 is 5.97 Å². The van der Waals surface area contributed by atoms with Gasteiger partial charge in [-0.05, 0) is 12.8 Å². The summed E-state index contributed by atoms with van der Waals surface area (Å²) in [6, 6.07) is 0. The van der Waals surface area contributed by atoms with Crippen molar-refractivity contribution in [2.24, 2.45) is 5.92 Å². The van der Waals surface area contributed by atoms with E-state index in [-0.39, 0.29) is 17.7 Å². The van der Waals surface area contributed by atoms with E-state index in [9.17, 15) is 9.90 Å². The number of carboxylic acids is 1. The summed E-state index contributed by atoms with van der Waals surface area (Å²) in [5.41, 5.74) is -0.0795. The van der Waals surface area contributed by atoms with Gasteiger partial charge in [-0.15, -0.1) is 0 Å². The number of aromatic carboxylic acids is 1. The summed E-state index contributed by atoms with van der Waals surface area (Å²) in [5, 5.41) is 21.7. The number of aliphatic hydroxyl groups excluding tert-OH is 1. The molecule has 1 fully saturated rings. The first-order chi connectivity index (χ1) is 8.66. The maximum atomic E-state index is 10.7. The smallest absolute Gasteiger partial charge is 0.356 e. The fourth-order valence-corrected chi connectivity index (χ4v) is 2.22. The SMILES string of the molecule is O=C(O)c1cncc(NCC2CCCCC2O)n1. The van der Waals surface area contributed by atoms with Crippen molar-refractivity contribution < 1.29 is 15.0 Å². The first-order valence-corrected chi connectivity index (χ1v) is 6.14. The molecule has 1 aromatic heterocycles. The van der Waals surface area contributed by atoms with E-state index in [1.165, 1.54) is 12.4 Å². The Bertz CT molecular complexity index is 425. The Kier molecular flexibility index (Phi) is 4.09. The van der Waals surface area contributed by atoms with Crippen molar-refractivity contribution in [3.63, 3.8) is 0 Å². The summed E-state index contributed by atoms with van der Waals surface area (Å²) in [5.74, 6) is -0.453. The van der Waals surface area contributed by atoms with Crippen LogP contribution in [-0.4, -0.2) is 38.8 Å². The third-order valence-electron chi connectivity index (χ3n) is 3.27. The average Bonchev–Trinajstić information content (AvgIpc) is 2.38. The number of aromatic nitrogens is 2. The zero-order valence-electron chi connectivity index (χ0n) is 10.0. The zero-order valence-corrected chi connectivity index (χ0v) is 10.0. The van der Waals surface area contributed by atoms with Gasteiger partial charge in [0.2, 0.25) is 0 Å². The van der Waals surface area contributed by atoms with Crippen LogP contribution < -0.4 is 5.32 Å². The number of carboxylic acid groups (broad SMARTS) is 1. The lowest BCUT2D eigenvalue weighted by Gasteiger charge is -2.27. The molecular weight excluding hydrogens is 234 g/mol. The van der Waals surface area contributed by atoms with Crippen LogP contribution in [0.15, 0.2) is 12.4 Å². The topological polar surface area (TPSA) is 95.3 Å². The molecule has 18 heavy (non-hydrogen) atoms. The first-order valence-electron chi connectivity index (χ1n) is 6.14. The van der Waals surface area contributed by atoms with Gasteiger partial charge in [0.1, 0.15) is 5.82 Å². The summed E-state index contributed by atoms with van der Waals surface area (Å²) in [4.78, 5) is 18.5. The molecular formula is C12H17N3O3. The molecule has 6 nitrogen and oxygen atoms in total. The minimum absolute atomic E-state index is 0.0795. The van der Waals surface area contributed by atoms with Gasteiger partial charge in [0.05, 0.1) is 18.5 Å². The summed E-state index contributed by atoms with van der Waals surface area (Å²) in [6.45, 7) is 0.596. The van der Waals surface area contributed by atoms with E-state index in [1.54, 1.807) is 0 Å². The molecule has 0 aliphatic heterocycles. The summed E-state index contributed by atoms with van der Waals surface area (Å²) >= 11 is 0. The molecule has 0 bridgehead atoms. The standard InChI is InChI=1S/C12H17N3O3/c16-10-4-2-1-3-8(10)5-14-11-7-13-6-9(15-11)12(17)18/h6-8,10,16H,1-5H2,(H,14,15)(H,17,18). The van der Waals surface area contributed by atoms with E-state index < -0.39 is 5.97 Å². The number of nitrogens with one attached hydrogen (secondary N) is 1. The molecule has 3 N–H and O–H groups in total. The van der Waals surface area contributed by atoms with Crippen molar-refractivity contribution in [1.82, 2.24) is 9.97 Å². The number of carbonyl (C=O) groups is 1. The lowest BCUT2D eigenvalue weighted by molar-refractivity contribution is 0.0689. The molecule has 2 rings (SSSR count). The molecule has 1 heterocycles. The predicted molar refractivity (Wildman–Crippen MR) is 65.4 cm³/mol. The average molecular weight is 251 g/mol. The molecule has 0 amide bonds. The van der Waals surface area contributed by atoms with Crippen LogP contribution in [-0.2, 0) is 0 Å². The largest absolute Gasteiger partial charge is 0.476 e. The fourth-order valence-electron chi connectivity index (χ4n) is 2.22. The van der Waals surface area contributed by atoms with Crippen molar-refractivity contribution in [2.45, 2.75) is 31.8 Å². The second-order valence-electron chi connectivity index (χ2n) is 4.59. The summed E-state index contributed by atoms with van der Waals surface area (Å²) < 4.78 is 0. The number of hydrogen-bond donors (Lipinski definition) is 3. The third-order valence-corrected chi connectivity index (χ3v) is 3.27. The first kappa shape index (κ1) is 12.8. The molecule has 1 aromatic rings. The molecule has 1 aliphatic rings. The Morgan fingerprint density at radius 1 is 1.39 bits per heavy atom. The lowest BCUT2D eigenvalue weighted by atomic mass is 9.86. The highest BCUT2D eigenvalue weighted by Gasteiger charge is 2.22. The van der Waals surface area contributed by atoms with Gasteiger partial charge in [0, 0.05) is 12.5 Å². The van der Waals surface area contributed by atoms with Crippen LogP contribution >= 0.6 is 0 Å². The Morgan fingerprint density at radius 2 is 2.17 bits per heavy atom. The van der Waals surface area contributed by atoms with Crippen molar-refractivity contribution in [1.29, 1.82) is 0 Å². The number of hydrogen-bond acceptors (Lipinski definition) is 5. The van der Waals surface area contributed by atoms with E-state index in [1.807, 2.05) is 0 Å². The number of nitrogens with zero attached hydrogens (tertiary/aromatic N) is 2. The monoisotopic (exact) mass is 251 g/mol. The van der Waals surface area contributed by atoms with Crippen molar-refractivity contribution in [2.75, 3.05) is 11.9 Å². The van der Waals surface area contributed by atoms with Crippen LogP contribution in [0, 0.1) is 5.92 Å². The minimum atomic E-state index is -1.09. The molecule has 2 unspecified atom stereocenters. The molecule has 6 heteroatoms. The van der Waals surface area contributed by atoms with E-state index in [0.717, 1.165) is 25.7 Å². The quantitative estimate of drug-likeness (QED) is 0.742. The van der Waals surface area contributed by atoms with Gasteiger partial charge in [-0.25, -0.2) is 9.78 Å². The summed E-state index contributed by atoms with van der Waals surface area (Å²) in [6.07, 6.45) is 6.45. The molecule has 0 aromatic carbocycles. The van der Waals surface area contributed by atoms with Gasteiger partial charge in [-0.3, -0.25) is 4.98 Å². The molecule has 0 radical (unpaired) electrons. The van der Waals surface area contributed by atoms with E-state index in [0.29, 0.717) is 12.4 Å². The van der Waals surface area contributed by atoms with Gasteiger partial charge in [-0.1, -0.05) is 12.8 Å². The van der Waals surface area contributed by atoms with Crippen LogP contribution in [0.5, 0.6) is 0 Å². The molecule has 98 valence electrons. The van der Waals surface area contributed by atoms with Gasteiger partial charge in [-0.2, -0.15) is 0 Å². The Morgan fingerprint density at radius 3 is 2.89 bits per heavy atom. The molecule has 1 saturated carbocycles. The molecule has 0 spiro atoms. The van der Waals surface area contributed by atoms with E-state index in [4.69, 9.17) is 5.11 Å². The Hall–Kier alpha value is -1.69. The van der Waals surface area contributed by atoms with Crippen LogP contribution in [0.1, 0.15) is 36.2 Å². The second-order valence-corrected chi connectivity index (χ2v) is 4.59. The second kappa shape index (κ2) is 5.77. The maximum Gasteiger partial charge on any atom is 0.356 e. The van der Waals surface area contributed by atoms with Gasteiger partial charge in [0.15, 0.2) is 5.69 Å². The van der Waals surface area contributed by atoms with Crippen molar-refractivity contribution >= 4 is 11.8 Å². The van der Waals surface area contributed by atoms with Crippen molar-refractivity contribution in [3.8, 4) is 0 Å². The maximum absolute atomic E-state index is 10.7. The fraction of sp³-hybridized carbons (Fsp3) is 0.583. The van der Waals surface area contributed by atoms with Crippen molar-refractivity contribution in [3.05, 3.63) is 18.1 Å². The highest BCUT2D eigenvalue weighted by atomic mass is 16.4. The van der Waals surface area contributed by atoms with E-state index >= 15 is 0 Å². The Labute approximate surface area is 105 Å². The number of rotatable bonds is 4. The third kappa shape index (κ3) is 3.16. The van der Waals surface area contributed by atoms with Crippen LogP contribution in [0.2, 0.25) is 0 Å². The molecule has 1 aliphatic carbocycles. The van der Waals surface area contributed by atoms with Crippen LogP contribution in [0.25, 0.3) is 0 Å². The Balaban J connectivity index is 1.93. The zero-order chi connectivity index (χ0) is 13.0. The minimum Gasteiger partial charge on any atom is -0.476 e. The van der Waals surface area contributed by atoms with Gasteiger partial charge < -0.3 is 15.5 Å². The predicted octanol–water partition coefficient (Wildman–Crippen LogP) is 1.14. The molecule has 2 atom stereocenters. The number of anilines is 1.